The number of benzene rings is 10. The molecule has 0 atom stereocenters. The van der Waals surface area contributed by atoms with Crippen molar-refractivity contribution < 1.29 is 4.42 Å². The zero-order valence-corrected chi connectivity index (χ0v) is 30.6. The molecule has 0 N–H and O–H groups in total. The van der Waals surface area contributed by atoms with Crippen LogP contribution < -0.4 is 4.90 Å². The normalized spacial score (nSPS) is 11.6. The second-order valence-corrected chi connectivity index (χ2v) is 14.5. The van der Waals surface area contributed by atoms with Gasteiger partial charge in [-0.25, -0.2) is 0 Å². The number of fused-ring (bicyclic) bond motifs is 7. The molecular weight excluding hydrogens is 679 g/mol. The lowest BCUT2D eigenvalue weighted by atomic mass is 9.93. The fraction of sp³-hybridized carbons (Fsp3) is 0. The summed E-state index contributed by atoms with van der Waals surface area (Å²) in [7, 11) is 0. The Kier molecular flexibility index (Phi) is 7.53. The second kappa shape index (κ2) is 13.2. The van der Waals surface area contributed by atoms with E-state index in [1.165, 1.54) is 54.6 Å². The molecule has 0 saturated heterocycles. The average Bonchev–Trinajstić information content (AvgIpc) is 3.65. The molecule has 11 rings (SSSR count). The number of hydrogen-bond donors (Lipinski definition) is 0. The van der Waals surface area contributed by atoms with Crippen LogP contribution in [0.5, 0.6) is 0 Å². The number of furan rings is 1. The first-order valence-electron chi connectivity index (χ1n) is 19.2. The molecule has 1 heterocycles. The Hall–Kier alpha value is -7.42. The summed E-state index contributed by atoms with van der Waals surface area (Å²) in [6, 6.07) is 76.6. The maximum Gasteiger partial charge on any atom is 0.136 e. The molecule has 11 aromatic rings. The molecule has 1 aromatic heterocycles. The van der Waals surface area contributed by atoms with Crippen molar-refractivity contribution in [1.29, 1.82) is 0 Å². The van der Waals surface area contributed by atoms with Gasteiger partial charge in [0.25, 0.3) is 0 Å². The molecular formula is C54H35NO. The van der Waals surface area contributed by atoms with Gasteiger partial charge < -0.3 is 9.32 Å². The van der Waals surface area contributed by atoms with Crippen molar-refractivity contribution in [1.82, 2.24) is 0 Å². The SMILES string of the molecule is c1cc(-c2cc3ccccc3c3ccccc23)cc(N(c2ccc(-c3ccc4ccccc4c3)cc2)c2ccc(-c3ccc4c(c3)oc3ccccc34)cc2)c1. The van der Waals surface area contributed by atoms with Gasteiger partial charge in [0, 0.05) is 27.8 Å². The maximum absolute atomic E-state index is 6.24. The molecule has 262 valence electrons. The van der Waals surface area contributed by atoms with Gasteiger partial charge in [-0.05, 0) is 132 Å². The van der Waals surface area contributed by atoms with E-state index in [0.717, 1.165) is 50.1 Å². The van der Waals surface area contributed by atoms with Crippen LogP contribution in [0, 0.1) is 0 Å². The highest BCUT2D eigenvalue weighted by Crippen LogP contribution is 2.41. The zero-order chi connectivity index (χ0) is 37.0. The Morgan fingerprint density at radius 2 is 0.839 bits per heavy atom. The lowest BCUT2D eigenvalue weighted by molar-refractivity contribution is 0.669. The van der Waals surface area contributed by atoms with Crippen molar-refractivity contribution in [3.63, 3.8) is 0 Å². The van der Waals surface area contributed by atoms with Crippen LogP contribution >= 0.6 is 0 Å². The van der Waals surface area contributed by atoms with Crippen LogP contribution in [0.2, 0.25) is 0 Å². The fourth-order valence-corrected chi connectivity index (χ4v) is 8.43. The molecule has 2 heteroatoms. The summed E-state index contributed by atoms with van der Waals surface area (Å²) in [4.78, 5) is 2.36. The van der Waals surface area contributed by atoms with Crippen LogP contribution in [-0.4, -0.2) is 0 Å². The quantitative estimate of drug-likeness (QED) is 0.160. The standard InChI is InChI=1S/C54H35NO/c1-2-11-39-32-40(21-20-36(39)10-1)37-22-27-44(28-23-37)55(45-29-24-38(25-30-45)41-26-31-51-50-18-7-8-19-53(50)56-54(51)35-41)46-14-9-13-42(33-46)52-34-43-12-3-4-15-47(43)48-16-5-6-17-49(48)52/h1-35H. The monoisotopic (exact) mass is 713 g/mol. The molecule has 0 radical (unpaired) electrons. The third kappa shape index (κ3) is 5.51. The van der Waals surface area contributed by atoms with Crippen molar-refractivity contribution in [3.05, 3.63) is 212 Å². The van der Waals surface area contributed by atoms with Gasteiger partial charge in [0.2, 0.25) is 0 Å². The summed E-state index contributed by atoms with van der Waals surface area (Å²) in [5.41, 5.74) is 12.1. The topological polar surface area (TPSA) is 16.4 Å². The Morgan fingerprint density at radius 1 is 0.268 bits per heavy atom. The maximum atomic E-state index is 6.24. The lowest BCUT2D eigenvalue weighted by Crippen LogP contribution is -2.10. The Labute approximate surface area is 325 Å². The van der Waals surface area contributed by atoms with E-state index in [1.807, 2.05) is 12.1 Å². The third-order valence-electron chi connectivity index (χ3n) is 11.2. The van der Waals surface area contributed by atoms with Gasteiger partial charge in [-0.15, -0.1) is 0 Å². The predicted octanol–water partition coefficient (Wildman–Crippen LogP) is 15.5. The van der Waals surface area contributed by atoms with Crippen molar-refractivity contribution in [3.8, 4) is 33.4 Å². The minimum Gasteiger partial charge on any atom is -0.456 e. The van der Waals surface area contributed by atoms with E-state index in [4.69, 9.17) is 4.42 Å². The molecule has 0 unspecified atom stereocenters. The Balaban J connectivity index is 1.02. The molecule has 0 aliphatic heterocycles. The van der Waals surface area contributed by atoms with E-state index in [0.29, 0.717) is 0 Å². The van der Waals surface area contributed by atoms with Crippen LogP contribution in [0.25, 0.3) is 87.6 Å². The number of nitrogens with zero attached hydrogens (tertiary/aromatic N) is 1. The molecule has 0 bridgehead atoms. The summed E-state index contributed by atoms with van der Waals surface area (Å²) in [5, 5.41) is 9.81. The molecule has 10 aromatic carbocycles. The van der Waals surface area contributed by atoms with Crippen molar-refractivity contribution in [2.24, 2.45) is 0 Å². The second-order valence-electron chi connectivity index (χ2n) is 14.5. The van der Waals surface area contributed by atoms with E-state index in [9.17, 15) is 0 Å². The van der Waals surface area contributed by atoms with Gasteiger partial charge in [-0.3, -0.25) is 0 Å². The molecule has 0 saturated carbocycles. The summed E-state index contributed by atoms with van der Waals surface area (Å²) < 4.78 is 6.24. The van der Waals surface area contributed by atoms with E-state index in [1.54, 1.807) is 0 Å². The smallest absolute Gasteiger partial charge is 0.136 e. The van der Waals surface area contributed by atoms with Crippen LogP contribution in [0.1, 0.15) is 0 Å². The number of anilines is 3. The number of rotatable bonds is 6. The van der Waals surface area contributed by atoms with Crippen LogP contribution in [-0.2, 0) is 0 Å². The van der Waals surface area contributed by atoms with Gasteiger partial charge >= 0.3 is 0 Å². The van der Waals surface area contributed by atoms with Crippen LogP contribution in [0.3, 0.4) is 0 Å². The summed E-state index contributed by atoms with van der Waals surface area (Å²) in [6.45, 7) is 0. The lowest BCUT2D eigenvalue weighted by Gasteiger charge is -2.26. The minimum atomic E-state index is 0.902. The van der Waals surface area contributed by atoms with Gasteiger partial charge in [0.15, 0.2) is 0 Å². The molecule has 0 aliphatic rings. The highest BCUT2D eigenvalue weighted by atomic mass is 16.3. The number of hydrogen-bond acceptors (Lipinski definition) is 2. The van der Waals surface area contributed by atoms with Gasteiger partial charge in [-0.1, -0.05) is 146 Å². The highest BCUT2D eigenvalue weighted by molar-refractivity contribution is 6.14. The molecule has 0 fully saturated rings. The van der Waals surface area contributed by atoms with Gasteiger partial charge in [0.1, 0.15) is 11.2 Å². The fourth-order valence-electron chi connectivity index (χ4n) is 8.43. The van der Waals surface area contributed by atoms with Crippen molar-refractivity contribution >= 4 is 71.3 Å². The molecule has 56 heavy (non-hydrogen) atoms. The van der Waals surface area contributed by atoms with Crippen LogP contribution in [0.4, 0.5) is 17.1 Å². The summed E-state index contributed by atoms with van der Waals surface area (Å²) in [6.07, 6.45) is 0. The first-order valence-corrected chi connectivity index (χ1v) is 19.2. The van der Waals surface area contributed by atoms with Gasteiger partial charge in [0.05, 0.1) is 0 Å². The van der Waals surface area contributed by atoms with E-state index in [-0.39, 0.29) is 0 Å². The Bertz CT molecular complexity index is 3250. The van der Waals surface area contributed by atoms with Crippen molar-refractivity contribution in [2.45, 2.75) is 0 Å². The first-order chi connectivity index (χ1) is 27.7. The highest BCUT2D eigenvalue weighted by Gasteiger charge is 2.16. The molecule has 0 amide bonds. The summed E-state index contributed by atoms with van der Waals surface area (Å²) in [5.74, 6) is 0. The molecule has 0 spiro atoms. The van der Waals surface area contributed by atoms with Crippen molar-refractivity contribution in [2.75, 3.05) is 4.90 Å². The third-order valence-corrected chi connectivity index (χ3v) is 11.2. The minimum absolute atomic E-state index is 0.902. The van der Waals surface area contributed by atoms with Crippen LogP contribution in [0.15, 0.2) is 217 Å². The summed E-state index contributed by atoms with van der Waals surface area (Å²) >= 11 is 0. The molecule has 0 aliphatic carbocycles. The average molecular weight is 714 g/mol. The first kappa shape index (κ1) is 32.0. The zero-order valence-electron chi connectivity index (χ0n) is 30.6. The van der Waals surface area contributed by atoms with E-state index < -0.39 is 0 Å². The predicted molar refractivity (Wildman–Crippen MR) is 237 cm³/mol. The van der Waals surface area contributed by atoms with Gasteiger partial charge in [-0.2, -0.15) is 0 Å². The number of para-hydroxylation sites is 1. The molecule has 2 nitrogen and oxygen atoms in total. The largest absolute Gasteiger partial charge is 0.456 e. The van der Waals surface area contributed by atoms with E-state index in [2.05, 4.69) is 205 Å². The Morgan fingerprint density at radius 3 is 1.61 bits per heavy atom. The van der Waals surface area contributed by atoms with E-state index >= 15 is 0 Å².